The summed E-state index contributed by atoms with van der Waals surface area (Å²) in [7, 11) is 0. The number of hydrogen-bond acceptors (Lipinski definition) is 4. The molecule has 0 radical (unpaired) electrons. The molecule has 0 aromatic carbocycles. The molecule has 0 fully saturated rings. The Balaban J connectivity index is 1.99. The van der Waals surface area contributed by atoms with E-state index in [4.69, 9.17) is 9.15 Å². The summed E-state index contributed by atoms with van der Waals surface area (Å²) in [5.41, 5.74) is 2.18. The van der Waals surface area contributed by atoms with Gasteiger partial charge in [0.1, 0.15) is 5.76 Å². The molecule has 2 aromatic rings. The number of nitrogens with one attached hydrogen (secondary N) is 1. The molecule has 0 aliphatic carbocycles. The number of rotatable bonds is 7. The maximum absolute atomic E-state index is 12.3. The van der Waals surface area contributed by atoms with Crippen molar-refractivity contribution >= 4 is 11.9 Å². The molecule has 1 N–H and O–H groups in total. The van der Waals surface area contributed by atoms with Crippen LogP contribution in [0.2, 0.25) is 0 Å². The third-order valence-electron chi connectivity index (χ3n) is 4.41. The van der Waals surface area contributed by atoms with Gasteiger partial charge in [0.05, 0.1) is 18.4 Å². The van der Waals surface area contributed by atoms with Crippen molar-refractivity contribution in [3.05, 3.63) is 47.2 Å². The monoisotopic (exact) mass is 346 g/mol. The molecular formula is C19H26N2O4. The molecule has 6 nitrogen and oxygen atoms in total. The second kappa shape index (κ2) is 8.05. The summed E-state index contributed by atoms with van der Waals surface area (Å²) in [4.78, 5) is 24.2. The van der Waals surface area contributed by atoms with E-state index in [1.807, 2.05) is 51.3 Å². The molecule has 0 aliphatic rings. The van der Waals surface area contributed by atoms with E-state index >= 15 is 0 Å². The lowest BCUT2D eigenvalue weighted by atomic mass is 10.1. The van der Waals surface area contributed by atoms with Crippen LogP contribution in [0.4, 0.5) is 0 Å². The van der Waals surface area contributed by atoms with E-state index < -0.39 is 5.97 Å². The smallest absolute Gasteiger partial charge is 0.340 e. The van der Waals surface area contributed by atoms with Crippen LogP contribution >= 0.6 is 0 Å². The van der Waals surface area contributed by atoms with Gasteiger partial charge >= 0.3 is 5.97 Å². The predicted molar refractivity (Wildman–Crippen MR) is 94.4 cm³/mol. The van der Waals surface area contributed by atoms with E-state index in [1.165, 1.54) is 0 Å². The van der Waals surface area contributed by atoms with Crippen molar-refractivity contribution in [2.24, 2.45) is 5.92 Å². The van der Waals surface area contributed by atoms with Crippen molar-refractivity contribution in [3.63, 3.8) is 0 Å². The molecule has 2 rings (SSSR count). The molecule has 0 aliphatic heterocycles. The summed E-state index contributed by atoms with van der Waals surface area (Å²) in [6.45, 7) is 10.0. The first-order chi connectivity index (χ1) is 11.8. The fraction of sp³-hybridized carbons (Fsp3) is 0.474. The first-order valence-electron chi connectivity index (χ1n) is 8.45. The number of esters is 1. The van der Waals surface area contributed by atoms with Crippen LogP contribution in [-0.4, -0.2) is 29.1 Å². The first kappa shape index (κ1) is 18.8. The highest BCUT2D eigenvalue weighted by Gasteiger charge is 2.19. The molecule has 6 heteroatoms. The van der Waals surface area contributed by atoms with Gasteiger partial charge < -0.3 is 19.0 Å². The number of hydrogen-bond donors (Lipinski definition) is 1. The van der Waals surface area contributed by atoms with Crippen LogP contribution in [0.25, 0.3) is 0 Å². The third kappa shape index (κ3) is 4.75. The summed E-state index contributed by atoms with van der Waals surface area (Å²) in [5, 5.41) is 2.81. The van der Waals surface area contributed by atoms with Crippen molar-refractivity contribution in [1.29, 1.82) is 0 Å². The van der Waals surface area contributed by atoms with Crippen molar-refractivity contribution in [2.75, 3.05) is 6.61 Å². The molecular weight excluding hydrogens is 320 g/mol. The molecule has 2 aromatic heterocycles. The number of amides is 1. The van der Waals surface area contributed by atoms with Crippen LogP contribution in [-0.2, 0) is 16.1 Å². The Hall–Kier alpha value is -2.50. The maximum atomic E-state index is 12.3. The van der Waals surface area contributed by atoms with Gasteiger partial charge in [0.15, 0.2) is 6.61 Å². The summed E-state index contributed by atoms with van der Waals surface area (Å²) < 4.78 is 12.5. The van der Waals surface area contributed by atoms with Crippen LogP contribution in [0, 0.1) is 19.8 Å². The van der Waals surface area contributed by atoms with E-state index in [0.29, 0.717) is 18.0 Å². The lowest BCUT2D eigenvalue weighted by molar-refractivity contribution is -0.125. The normalized spacial score (nSPS) is 12.2. The molecule has 0 spiro atoms. The number of ether oxygens (including phenoxy) is 1. The molecule has 0 saturated heterocycles. The summed E-state index contributed by atoms with van der Waals surface area (Å²) in [6.07, 6.45) is 1.62. The lowest BCUT2D eigenvalue weighted by Gasteiger charge is -2.17. The van der Waals surface area contributed by atoms with E-state index in [9.17, 15) is 9.59 Å². The molecule has 1 atom stereocenters. The van der Waals surface area contributed by atoms with Gasteiger partial charge in [0.25, 0.3) is 5.91 Å². The van der Waals surface area contributed by atoms with Gasteiger partial charge in [-0.1, -0.05) is 13.8 Å². The average Bonchev–Trinajstić information content (AvgIpc) is 3.16. The largest absolute Gasteiger partial charge is 0.467 e. The molecule has 0 bridgehead atoms. The van der Waals surface area contributed by atoms with E-state index in [2.05, 4.69) is 5.32 Å². The van der Waals surface area contributed by atoms with Crippen molar-refractivity contribution < 1.29 is 18.7 Å². The fourth-order valence-corrected chi connectivity index (χ4v) is 2.48. The summed E-state index contributed by atoms with van der Waals surface area (Å²) in [6, 6.07) is 5.52. The van der Waals surface area contributed by atoms with Gasteiger partial charge in [-0.2, -0.15) is 0 Å². The van der Waals surface area contributed by atoms with Crippen LogP contribution in [0.5, 0.6) is 0 Å². The molecule has 1 amide bonds. The topological polar surface area (TPSA) is 73.5 Å². The zero-order valence-corrected chi connectivity index (χ0v) is 15.5. The van der Waals surface area contributed by atoms with E-state index in [-0.39, 0.29) is 18.6 Å². The quantitative estimate of drug-likeness (QED) is 0.782. The number of carbonyl (C=O) groups is 2. The highest BCUT2D eigenvalue weighted by Crippen LogP contribution is 2.18. The van der Waals surface area contributed by atoms with Crippen LogP contribution in [0.15, 0.2) is 28.9 Å². The van der Waals surface area contributed by atoms with Crippen molar-refractivity contribution in [1.82, 2.24) is 9.88 Å². The van der Waals surface area contributed by atoms with Crippen LogP contribution in [0.1, 0.15) is 48.3 Å². The molecule has 2 heterocycles. The van der Waals surface area contributed by atoms with Gasteiger partial charge in [0.2, 0.25) is 0 Å². The number of carbonyl (C=O) groups excluding carboxylic acids is 2. The Labute approximate surface area is 148 Å². The standard InChI is InChI=1S/C19H26N2O4/c1-12(2)14(4)20-18(22)11-25-19(23)17-9-13(3)21(15(17)5)10-16-7-6-8-24-16/h6-9,12,14H,10-11H2,1-5H3,(H,20,22). The maximum Gasteiger partial charge on any atom is 0.340 e. The van der Waals surface area contributed by atoms with Crippen molar-refractivity contribution in [3.8, 4) is 0 Å². The third-order valence-corrected chi connectivity index (χ3v) is 4.41. The molecule has 25 heavy (non-hydrogen) atoms. The van der Waals surface area contributed by atoms with Gasteiger partial charge in [-0.3, -0.25) is 4.79 Å². The SMILES string of the molecule is Cc1cc(C(=O)OCC(=O)NC(C)C(C)C)c(C)n1Cc1ccco1. The van der Waals surface area contributed by atoms with E-state index in [0.717, 1.165) is 17.1 Å². The summed E-state index contributed by atoms with van der Waals surface area (Å²) in [5.74, 6) is 0.342. The number of furan rings is 1. The average molecular weight is 346 g/mol. The van der Waals surface area contributed by atoms with Gasteiger partial charge in [-0.05, 0) is 44.9 Å². The Morgan fingerprint density at radius 1 is 1.28 bits per heavy atom. The second-order valence-electron chi connectivity index (χ2n) is 6.63. The molecule has 0 saturated carbocycles. The zero-order chi connectivity index (χ0) is 18.6. The Kier molecular flexibility index (Phi) is 6.07. The Bertz CT molecular complexity index is 729. The predicted octanol–water partition coefficient (Wildman–Crippen LogP) is 3.06. The minimum Gasteiger partial charge on any atom is -0.467 e. The lowest BCUT2D eigenvalue weighted by Crippen LogP contribution is -2.38. The van der Waals surface area contributed by atoms with Crippen molar-refractivity contribution in [2.45, 2.75) is 47.2 Å². The van der Waals surface area contributed by atoms with Gasteiger partial charge in [-0.25, -0.2) is 4.79 Å². The minimum absolute atomic E-state index is 0.0320. The van der Waals surface area contributed by atoms with Gasteiger partial charge in [-0.15, -0.1) is 0 Å². The Morgan fingerprint density at radius 2 is 2.00 bits per heavy atom. The zero-order valence-electron chi connectivity index (χ0n) is 15.5. The van der Waals surface area contributed by atoms with Gasteiger partial charge in [0, 0.05) is 17.4 Å². The number of aromatic nitrogens is 1. The van der Waals surface area contributed by atoms with E-state index in [1.54, 1.807) is 12.3 Å². The first-order valence-corrected chi connectivity index (χ1v) is 8.45. The number of nitrogens with zero attached hydrogens (tertiary/aromatic N) is 1. The summed E-state index contributed by atoms with van der Waals surface area (Å²) >= 11 is 0. The van der Waals surface area contributed by atoms with Crippen LogP contribution < -0.4 is 5.32 Å². The fourth-order valence-electron chi connectivity index (χ4n) is 2.48. The Morgan fingerprint density at radius 3 is 2.60 bits per heavy atom. The highest BCUT2D eigenvalue weighted by atomic mass is 16.5. The molecule has 136 valence electrons. The number of aryl methyl sites for hydroxylation is 1. The minimum atomic E-state index is -0.494. The molecule has 1 unspecified atom stereocenters. The van der Waals surface area contributed by atoms with Crippen LogP contribution in [0.3, 0.4) is 0 Å². The highest BCUT2D eigenvalue weighted by molar-refractivity contribution is 5.92. The second-order valence-corrected chi connectivity index (χ2v) is 6.63.